The molecule has 0 atom stereocenters. The van der Waals surface area contributed by atoms with E-state index < -0.39 is 10.9 Å². The Balaban J connectivity index is 1.66. The van der Waals surface area contributed by atoms with Gasteiger partial charge in [0.05, 0.1) is 15.1 Å². The Kier molecular flexibility index (Phi) is 4.26. The number of aromatic nitrogens is 3. The van der Waals surface area contributed by atoms with E-state index in [-0.39, 0.29) is 24.5 Å². The molecule has 0 unspecified atom stereocenters. The van der Waals surface area contributed by atoms with Crippen LogP contribution in [0.3, 0.4) is 0 Å². The number of thiazole rings is 1. The molecule has 0 amide bonds. The van der Waals surface area contributed by atoms with Crippen LogP contribution in [0.5, 0.6) is 0 Å². The van der Waals surface area contributed by atoms with E-state index in [1.807, 2.05) is 24.3 Å². The number of carbonyl (C=O) groups is 1. The Hall–Kier alpha value is -2.81. The number of hydrogen-bond donors (Lipinski definition) is 0. The molecule has 3 aromatic rings. The summed E-state index contributed by atoms with van der Waals surface area (Å²) in [5.41, 5.74) is 1.39. The van der Waals surface area contributed by atoms with Gasteiger partial charge in [0.15, 0.2) is 0 Å². The number of carbonyl (C=O) groups excluding carboxylic acids is 1. The van der Waals surface area contributed by atoms with Crippen molar-refractivity contribution in [2.24, 2.45) is 0 Å². The van der Waals surface area contributed by atoms with Crippen LogP contribution in [0.25, 0.3) is 10.2 Å². The predicted molar refractivity (Wildman–Crippen MR) is 87.8 cm³/mol. The second-order valence-corrected chi connectivity index (χ2v) is 6.29. The zero-order chi connectivity index (χ0) is 17.3. The van der Waals surface area contributed by atoms with Gasteiger partial charge in [0.1, 0.15) is 29.5 Å². The SMILES string of the molecule is Cc1nn(CC(=O)OCc2nc3ccccc3s2)c(C)c1[N+](=O)[O-]. The molecular formula is C15H14N4O4S. The highest BCUT2D eigenvalue weighted by Gasteiger charge is 2.23. The molecule has 0 radical (unpaired) electrons. The Morgan fingerprint density at radius 3 is 2.79 bits per heavy atom. The molecule has 0 spiro atoms. The molecule has 0 bridgehead atoms. The highest BCUT2D eigenvalue weighted by atomic mass is 32.1. The van der Waals surface area contributed by atoms with Crippen molar-refractivity contribution in [3.05, 3.63) is 50.8 Å². The van der Waals surface area contributed by atoms with Gasteiger partial charge in [-0.05, 0) is 26.0 Å². The van der Waals surface area contributed by atoms with Gasteiger partial charge in [0.2, 0.25) is 0 Å². The molecule has 0 fully saturated rings. The maximum atomic E-state index is 12.0. The first-order valence-corrected chi connectivity index (χ1v) is 7.96. The second kappa shape index (κ2) is 6.36. The number of aryl methyl sites for hydroxylation is 1. The highest BCUT2D eigenvalue weighted by Crippen LogP contribution is 2.23. The van der Waals surface area contributed by atoms with Crippen molar-refractivity contribution in [2.45, 2.75) is 27.0 Å². The largest absolute Gasteiger partial charge is 0.457 e. The van der Waals surface area contributed by atoms with Gasteiger partial charge < -0.3 is 4.74 Å². The zero-order valence-electron chi connectivity index (χ0n) is 13.1. The van der Waals surface area contributed by atoms with Crippen molar-refractivity contribution in [3.8, 4) is 0 Å². The maximum absolute atomic E-state index is 12.0. The van der Waals surface area contributed by atoms with Crippen LogP contribution >= 0.6 is 11.3 Å². The summed E-state index contributed by atoms with van der Waals surface area (Å²) in [5.74, 6) is -0.519. The molecule has 1 aromatic carbocycles. The van der Waals surface area contributed by atoms with Crippen LogP contribution in [0.2, 0.25) is 0 Å². The number of ether oxygens (including phenoxy) is 1. The minimum Gasteiger partial charge on any atom is -0.457 e. The van der Waals surface area contributed by atoms with Crippen molar-refractivity contribution in [2.75, 3.05) is 0 Å². The van der Waals surface area contributed by atoms with Crippen molar-refractivity contribution in [3.63, 3.8) is 0 Å². The van der Waals surface area contributed by atoms with Gasteiger partial charge in [0.25, 0.3) is 0 Å². The Labute approximate surface area is 140 Å². The van der Waals surface area contributed by atoms with Gasteiger partial charge in [-0.1, -0.05) is 12.1 Å². The highest BCUT2D eigenvalue weighted by molar-refractivity contribution is 7.18. The Morgan fingerprint density at radius 2 is 2.12 bits per heavy atom. The standard InChI is InChI=1S/C15H14N4O4S/c1-9-15(19(21)22)10(2)18(17-9)7-14(20)23-8-13-16-11-5-3-4-6-12(11)24-13/h3-6H,7-8H2,1-2H3. The number of esters is 1. The third-order valence-electron chi connectivity index (χ3n) is 3.50. The molecule has 0 aliphatic carbocycles. The molecule has 24 heavy (non-hydrogen) atoms. The molecule has 0 N–H and O–H groups in total. The lowest BCUT2D eigenvalue weighted by molar-refractivity contribution is -0.386. The molecule has 9 heteroatoms. The first-order chi connectivity index (χ1) is 11.5. The number of rotatable bonds is 5. The number of nitro groups is 1. The van der Waals surface area contributed by atoms with E-state index in [2.05, 4.69) is 10.1 Å². The van der Waals surface area contributed by atoms with Crippen LogP contribution in [0, 0.1) is 24.0 Å². The molecule has 0 aliphatic rings. The number of nitrogens with zero attached hydrogens (tertiary/aromatic N) is 4. The molecule has 2 aromatic heterocycles. The Morgan fingerprint density at radius 1 is 1.38 bits per heavy atom. The van der Waals surface area contributed by atoms with Crippen LogP contribution in [0.1, 0.15) is 16.4 Å². The van der Waals surface area contributed by atoms with E-state index in [0.29, 0.717) is 10.7 Å². The summed E-state index contributed by atoms with van der Waals surface area (Å²) in [4.78, 5) is 26.8. The normalized spacial score (nSPS) is 10.9. The van der Waals surface area contributed by atoms with E-state index >= 15 is 0 Å². The van der Waals surface area contributed by atoms with Gasteiger partial charge in [-0.2, -0.15) is 5.10 Å². The van der Waals surface area contributed by atoms with Gasteiger partial charge in [-0.3, -0.25) is 19.6 Å². The fraction of sp³-hybridized carbons (Fsp3) is 0.267. The lowest BCUT2D eigenvalue weighted by atomic mass is 10.3. The molecular weight excluding hydrogens is 332 g/mol. The molecule has 0 saturated carbocycles. The third-order valence-corrected chi connectivity index (χ3v) is 4.51. The van der Waals surface area contributed by atoms with E-state index in [1.165, 1.54) is 22.9 Å². The van der Waals surface area contributed by atoms with Crippen molar-refractivity contribution in [1.29, 1.82) is 0 Å². The predicted octanol–water partition coefficient (Wildman–Crippen LogP) is 2.76. The summed E-state index contributed by atoms with van der Waals surface area (Å²) in [6, 6.07) is 7.67. The second-order valence-electron chi connectivity index (χ2n) is 5.17. The molecule has 3 rings (SSSR count). The van der Waals surface area contributed by atoms with Crippen LogP contribution in [0.4, 0.5) is 5.69 Å². The quantitative estimate of drug-likeness (QED) is 0.400. The average molecular weight is 346 g/mol. The van der Waals surface area contributed by atoms with Crippen molar-refractivity contribution < 1.29 is 14.5 Å². The topological polar surface area (TPSA) is 100 Å². The minimum atomic E-state index is -0.519. The van der Waals surface area contributed by atoms with Crippen LogP contribution < -0.4 is 0 Å². The number of para-hydroxylation sites is 1. The molecule has 0 saturated heterocycles. The average Bonchev–Trinajstić information content (AvgIpc) is 3.06. The first-order valence-electron chi connectivity index (χ1n) is 7.14. The van der Waals surface area contributed by atoms with Crippen LogP contribution in [0.15, 0.2) is 24.3 Å². The summed E-state index contributed by atoms with van der Waals surface area (Å²) < 4.78 is 7.52. The molecule has 8 nitrogen and oxygen atoms in total. The monoisotopic (exact) mass is 346 g/mol. The molecule has 124 valence electrons. The summed E-state index contributed by atoms with van der Waals surface area (Å²) in [7, 11) is 0. The van der Waals surface area contributed by atoms with Gasteiger partial charge >= 0.3 is 11.7 Å². The Bertz CT molecular complexity index is 898. The summed E-state index contributed by atoms with van der Waals surface area (Å²) in [5, 5.41) is 15.7. The zero-order valence-corrected chi connectivity index (χ0v) is 13.9. The molecule has 2 heterocycles. The third kappa shape index (κ3) is 3.11. The van der Waals surface area contributed by atoms with E-state index in [1.54, 1.807) is 6.92 Å². The van der Waals surface area contributed by atoms with Gasteiger partial charge in [-0.15, -0.1) is 11.3 Å². The number of benzene rings is 1. The van der Waals surface area contributed by atoms with E-state index in [4.69, 9.17) is 4.74 Å². The van der Waals surface area contributed by atoms with Crippen LogP contribution in [-0.2, 0) is 22.7 Å². The summed E-state index contributed by atoms with van der Waals surface area (Å²) in [6.45, 7) is 2.98. The number of hydrogen-bond acceptors (Lipinski definition) is 7. The molecule has 0 aliphatic heterocycles. The van der Waals surface area contributed by atoms with Gasteiger partial charge in [-0.25, -0.2) is 4.98 Å². The summed E-state index contributed by atoms with van der Waals surface area (Å²) >= 11 is 1.46. The first kappa shape index (κ1) is 16.1. The minimum absolute atomic E-state index is 0.0690. The van der Waals surface area contributed by atoms with Crippen molar-refractivity contribution in [1.82, 2.24) is 14.8 Å². The lowest BCUT2D eigenvalue weighted by Crippen LogP contribution is -2.15. The summed E-state index contributed by atoms with van der Waals surface area (Å²) in [6.07, 6.45) is 0. The number of fused-ring (bicyclic) bond motifs is 1. The van der Waals surface area contributed by atoms with E-state index in [9.17, 15) is 14.9 Å². The maximum Gasteiger partial charge on any atom is 0.328 e. The van der Waals surface area contributed by atoms with Crippen LogP contribution in [-0.4, -0.2) is 25.7 Å². The van der Waals surface area contributed by atoms with E-state index in [0.717, 1.165) is 10.2 Å². The fourth-order valence-electron chi connectivity index (χ4n) is 2.40. The van der Waals surface area contributed by atoms with Gasteiger partial charge in [0, 0.05) is 0 Å². The lowest BCUT2D eigenvalue weighted by Gasteiger charge is -2.04. The smallest absolute Gasteiger partial charge is 0.328 e. The fourth-order valence-corrected chi connectivity index (χ4v) is 3.28. The van der Waals surface area contributed by atoms with Crippen molar-refractivity contribution >= 4 is 33.2 Å².